The van der Waals surface area contributed by atoms with Crippen molar-refractivity contribution in [3.63, 3.8) is 0 Å². The molecule has 30 heavy (non-hydrogen) atoms. The first-order valence-corrected chi connectivity index (χ1v) is 14.0. The van der Waals surface area contributed by atoms with Crippen LogP contribution >= 0.6 is 7.82 Å². The van der Waals surface area contributed by atoms with Gasteiger partial charge in [0.1, 0.15) is 0 Å². The number of phosphoric acid groups is 1. The highest BCUT2D eigenvalue weighted by atomic mass is 31.2. The molecule has 4 unspecified atom stereocenters. The minimum Gasteiger partial charge on any atom is -0.393 e. The van der Waals surface area contributed by atoms with Gasteiger partial charge in [-0.25, -0.2) is 4.57 Å². The fourth-order valence-corrected chi connectivity index (χ4v) is 4.81. The fraction of sp³-hybridized carbons (Fsp3) is 1.00. The monoisotopic (exact) mass is 450 g/mol. The second-order valence-electron chi connectivity index (χ2n) is 8.74. The molecular formula is C24H51O5P. The van der Waals surface area contributed by atoms with Crippen LogP contribution in [0.4, 0.5) is 0 Å². The van der Waals surface area contributed by atoms with Crippen LogP contribution in [0.15, 0.2) is 0 Å². The molecular weight excluding hydrogens is 399 g/mol. The van der Waals surface area contributed by atoms with Gasteiger partial charge in [-0.05, 0) is 43.4 Å². The molecule has 5 nitrogen and oxygen atoms in total. The molecule has 0 aliphatic heterocycles. The number of unbranched alkanes of at least 4 members (excludes halogenated alkanes) is 2. The van der Waals surface area contributed by atoms with E-state index in [1.54, 1.807) is 0 Å². The van der Waals surface area contributed by atoms with Gasteiger partial charge >= 0.3 is 7.82 Å². The second-order valence-corrected chi connectivity index (χ2v) is 10.4. The third-order valence-electron chi connectivity index (χ3n) is 6.15. The predicted molar refractivity (Wildman–Crippen MR) is 127 cm³/mol. The van der Waals surface area contributed by atoms with Gasteiger partial charge in [0, 0.05) is 0 Å². The number of aliphatic hydroxyl groups excluding tert-OH is 1. The van der Waals surface area contributed by atoms with Crippen LogP contribution in [0.1, 0.15) is 112 Å². The van der Waals surface area contributed by atoms with E-state index in [0.29, 0.717) is 44.5 Å². The molecule has 0 aliphatic carbocycles. The normalized spacial score (nSPS) is 18.0. The zero-order valence-corrected chi connectivity index (χ0v) is 21.6. The smallest absolute Gasteiger partial charge is 0.393 e. The highest BCUT2D eigenvalue weighted by molar-refractivity contribution is 7.48. The molecule has 0 aliphatic rings. The van der Waals surface area contributed by atoms with Crippen LogP contribution in [0.25, 0.3) is 0 Å². The van der Waals surface area contributed by atoms with Gasteiger partial charge in [0.25, 0.3) is 0 Å². The lowest BCUT2D eigenvalue weighted by Crippen LogP contribution is -2.18. The molecule has 0 heterocycles. The van der Waals surface area contributed by atoms with Crippen molar-refractivity contribution in [3.05, 3.63) is 0 Å². The Hall–Kier alpha value is 0.0700. The summed E-state index contributed by atoms with van der Waals surface area (Å²) in [6.07, 6.45) is 10.6. The average molecular weight is 451 g/mol. The van der Waals surface area contributed by atoms with Gasteiger partial charge in [-0.15, -0.1) is 0 Å². The molecule has 0 rings (SSSR count). The summed E-state index contributed by atoms with van der Waals surface area (Å²) in [4.78, 5) is 0. The number of hydrogen-bond donors (Lipinski definition) is 1. The van der Waals surface area contributed by atoms with Gasteiger partial charge in [-0.3, -0.25) is 13.6 Å². The maximum atomic E-state index is 13.4. The first-order chi connectivity index (χ1) is 14.4. The van der Waals surface area contributed by atoms with E-state index in [2.05, 4.69) is 34.6 Å². The molecule has 0 aromatic carbocycles. The lowest BCUT2D eigenvalue weighted by Gasteiger charge is -2.25. The number of hydrogen-bond acceptors (Lipinski definition) is 5. The van der Waals surface area contributed by atoms with Crippen molar-refractivity contribution in [2.45, 2.75) is 118 Å². The predicted octanol–water partition coefficient (Wildman–Crippen LogP) is 7.76. The van der Waals surface area contributed by atoms with Crippen molar-refractivity contribution in [1.82, 2.24) is 0 Å². The summed E-state index contributed by atoms with van der Waals surface area (Å²) in [5.74, 6) is 0.887. The van der Waals surface area contributed by atoms with E-state index < -0.39 is 7.82 Å². The second kappa shape index (κ2) is 18.6. The first kappa shape index (κ1) is 30.1. The van der Waals surface area contributed by atoms with Crippen LogP contribution < -0.4 is 0 Å². The van der Waals surface area contributed by atoms with E-state index in [-0.39, 0.29) is 12.0 Å². The molecule has 0 radical (unpaired) electrons. The summed E-state index contributed by atoms with van der Waals surface area (Å²) in [5, 5.41) is 9.98. The maximum absolute atomic E-state index is 13.4. The van der Waals surface area contributed by atoms with Gasteiger partial charge in [-0.2, -0.15) is 0 Å². The van der Waals surface area contributed by atoms with Gasteiger partial charge < -0.3 is 5.11 Å². The van der Waals surface area contributed by atoms with Gasteiger partial charge in [0.2, 0.25) is 0 Å². The lowest BCUT2D eigenvalue weighted by molar-refractivity contribution is 0.0624. The average Bonchev–Trinajstić information content (AvgIpc) is 2.76. The largest absolute Gasteiger partial charge is 0.474 e. The van der Waals surface area contributed by atoms with E-state index in [1.807, 2.05) is 6.92 Å². The topological polar surface area (TPSA) is 65.0 Å². The quantitative estimate of drug-likeness (QED) is 0.181. The molecule has 0 amide bonds. The Kier molecular flexibility index (Phi) is 18.7. The highest BCUT2D eigenvalue weighted by Gasteiger charge is 2.30. The van der Waals surface area contributed by atoms with E-state index in [4.69, 9.17) is 13.6 Å². The van der Waals surface area contributed by atoms with Crippen LogP contribution in [0.3, 0.4) is 0 Å². The molecule has 0 bridgehead atoms. The molecule has 0 saturated carbocycles. The molecule has 182 valence electrons. The molecule has 0 aromatic heterocycles. The summed E-state index contributed by atoms with van der Waals surface area (Å²) < 4.78 is 31.0. The van der Waals surface area contributed by atoms with Crippen molar-refractivity contribution >= 4 is 7.82 Å². The van der Waals surface area contributed by atoms with Crippen LogP contribution in [0.2, 0.25) is 0 Å². The molecule has 0 fully saturated rings. The Morgan fingerprint density at radius 1 is 0.667 bits per heavy atom. The van der Waals surface area contributed by atoms with Gasteiger partial charge in [0.05, 0.1) is 25.9 Å². The van der Waals surface area contributed by atoms with Crippen molar-refractivity contribution in [3.8, 4) is 0 Å². The summed E-state index contributed by atoms with van der Waals surface area (Å²) >= 11 is 0. The molecule has 0 saturated heterocycles. The summed E-state index contributed by atoms with van der Waals surface area (Å²) in [7, 11) is -3.62. The third-order valence-corrected chi connectivity index (χ3v) is 7.54. The maximum Gasteiger partial charge on any atom is 0.474 e. The minimum absolute atomic E-state index is 0.143. The van der Waals surface area contributed by atoms with Crippen molar-refractivity contribution in [2.75, 3.05) is 19.8 Å². The fourth-order valence-electron chi connectivity index (χ4n) is 3.40. The minimum atomic E-state index is -3.62. The number of aliphatic hydroxyl groups is 1. The Morgan fingerprint density at radius 3 is 1.40 bits per heavy atom. The summed E-state index contributed by atoms with van der Waals surface area (Å²) in [6, 6.07) is 0. The molecule has 4 atom stereocenters. The van der Waals surface area contributed by atoms with Crippen molar-refractivity contribution in [2.24, 2.45) is 17.8 Å². The van der Waals surface area contributed by atoms with E-state index >= 15 is 0 Å². The van der Waals surface area contributed by atoms with Crippen molar-refractivity contribution < 1.29 is 23.2 Å². The Labute approximate surface area is 187 Å². The van der Waals surface area contributed by atoms with Crippen LogP contribution in [0, 0.1) is 17.8 Å². The SMILES string of the molecule is CCCCC(CC)COP(=O)(OCC(CC)CCCC)OCC(CC)CC(O)CC. The summed E-state index contributed by atoms with van der Waals surface area (Å²) in [5.41, 5.74) is 0. The highest BCUT2D eigenvalue weighted by Crippen LogP contribution is 2.51. The molecule has 0 aromatic rings. The molecule has 1 N–H and O–H groups in total. The molecule has 0 spiro atoms. The zero-order chi connectivity index (χ0) is 22.8. The molecule has 6 heteroatoms. The van der Waals surface area contributed by atoms with Crippen LogP contribution in [-0.4, -0.2) is 31.0 Å². The Bertz CT molecular complexity index is 408. The number of phosphoric ester groups is 1. The van der Waals surface area contributed by atoms with Gasteiger partial charge in [0.15, 0.2) is 0 Å². The summed E-state index contributed by atoms with van der Waals surface area (Å²) in [6.45, 7) is 13.8. The lowest BCUT2D eigenvalue weighted by atomic mass is 9.99. The van der Waals surface area contributed by atoms with E-state index in [9.17, 15) is 9.67 Å². The third kappa shape index (κ3) is 14.2. The zero-order valence-electron chi connectivity index (χ0n) is 20.7. The Balaban J connectivity index is 5.00. The van der Waals surface area contributed by atoms with Crippen LogP contribution in [0.5, 0.6) is 0 Å². The Morgan fingerprint density at radius 2 is 1.07 bits per heavy atom. The number of rotatable bonds is 21. The van der Waals surface area contributed by atoms with Gasteiger partial charge in [-0.1, -0.05) is 86.5 Å². The van der Waals surface area contributed by atoms with Crippen molar-refractivity contribution in [1.29, 1.82) is 0 Å². The first-order valence-electron chi connectivity index (χ1n) is 12.6. The van der Waals surface area contributed by atoms with E-state index in [0.717, 1.165) is 57.8 Å². The van der Waals surface area contributed by atoms with E-state index in [1.165, 1.54) is 0 Å². The van der Waals surface area contributed by atoms with Crippen LogP contribution in [-0.2, 0) is 18.1 Å². The standard InChI is InChI=1S/C24H51O5P/c1-7-13-15-21(9-3)18-27-30(26,28-19-22(10-4)16-14-8-2)29-20-23(11-5)17-24(25)12-6/h21-25H,7-20H2,1-6H3.